The molecule has 148 valence electrons. The van der Waals surface area contributed by atoms with Crippen molar-refractivity contribution in [3.05, 3.63) is 41.6 Å². The number of aromatic nitrogens is 1. The Labute approximate surface area is 166 Å². The first-order chi connectivity index (χ1) is 13.5. The number of esters is 1. The second-order valence-corrected chi connectivity index (χ2v) is 8.00. The quantitative estimate of drug-likeness (QED) is 0.569. The van der Waals surface area contributed by atoms with Crippen LogP contribution in [0.15, 0.2) is 30.5 Å². The van der Waals surface area contributed by atoms with E-state index in [0.717, 1.165) is 13.0 Å². The van der Waals surface area contributed by atoms with Gasteiger partial charge in [-0.3, -0.25) is 9.69 Å². The number of likely N-dealkylation sites (N-methyl/N-ethyl adjacent to an activating group) is 1. The highest BCUT2D eigenvalue weighted by molar-refractivity contribution is 5.99. The third kappa shape index (κ3) is 3.28. The minimum absolute atomic E-state index is 0.128. The third-order valence-electron chi connectivity index (χ3n) is 6.03. The Morgan fingerprint density at radius 1 is 1.29 bits per heavy atom. The van der Waals surface area contributed by atoms with Crippen molar-refractivity contribution in [2.24, 2.45) is 5.92 Å². The summed E-state index contributed by atoms with van der Waals surface area (Å²) in [4.78, 5) is 25.9. The van der Waals surface area contributed by atoms with Gasteiger partial charge in [-0.15, -0.1) is 0 Å². The van der Waals surface area contributed by atoms with Crippen molar-refractivity contribution in [1.82, 2.24) is 9.47 Å². The minimum atomic E-state index is -0.265. The van der Waals surface area contributed by atoms with E-state index in [1.54, 1.807) is 6.92 Å². The molecule has 28 heavy (non-hydrogen) atoms. The van der Waals surface area contributed by atoms with Crippen LogP contribution in [0.1, 0.15) is 37.8 Å². The van der Waals surface area contributed by atoms with Gasteiger partial charge in [0.25, 0.3) is 0 Å². The number of rotatable bonds is 6. The van der Waals surface area contributed by atoms with Crippen molar-refractivity contribution in [3.63, 3.8) is 0 Å². The van der Waals surface area contributed by atoms with E-state index >= 15 is 0 Å². The summed E-state index contributed by atoms with van der Waals surface area (Å²) in [6.45, 7) is 5.66. The molecular formula is C23H28N2O3. The van der Waals surface area contributed by atoms with Crippen LogP contribution in [0.4, 0.5) is 0 Å². The summed E-state index contributed by atoms with van der Waals surface area (Å²) in [7, 11) is 2.09. The number of Topliss-reactive ketones (excluding diaryl/α,β-unsaturated/α-hetero) is 1. The average Bonchev–Trinajstić information content (AvgIpc) is 3.04. The number of ketones is 1. The predicted molar refractivity (Wildman–Crippen MR) is 110 cm³/mol. The topological polar surface area (TPSA) is 51.5 Å². The lowest BCUT2D eigenvalue weighted by Crippen LogP contribution is -2.44. The van der Waals surface area contributed by atoms with E-state index in [-0.39, 0.29) is 17.7 Å². The number of nitrogens with zero attached hydrogens (tertiary/aromatic N) is 2. The highest BCUT2D eigenvalue weighted by atomic mass is 16.5. The van der Waals surface area contributed by atoms with Gasteiger partial charge in [-0.2, -0.15) is 0 Å². The number of carbonyl (C=O) groups excluding carboxylic acids is 2. The van der Waals surface area contributed by atoms with Crippen LogP contribution in [0, 0.1) is 5.92 Å². The first kappa shape index (κ1) is 18.9. The Bertz CT molecular complexity index is 956. The van der Waals surface area contributed by atoms with Gasteiger partial charge in [0.15, 0.2) is 0 Å². The van der Waals surface area contributed by atoms with Gasteiger partial charge in [-0.05, 0) is 56.5 Å². The molecule has 0 fully saturated rings. The molecule has 1 aliphatic carbocycles. The van der Waals surface area contributed by atoms with Gasteiger partial charge in [0.05, 0.1) is 12.5 Å². The normalized spacial score (nSPS) is 21.3. The van der Waals surface area contributed by atoms with Crippen LogP contribution in [-0.4, -0.2) is 47.5 Å². The highest BCUT2D eigenvalue weighted by Gasteiger charge is 2.36. The summed E-state index contributed by atoms with van der Waals surface area (Å²) in [5.41, 5.74) is 5.15. The third-order valence-corrected chi connectivity index (χ3v) is 6.03. The molecule has 0 amide bonds. The van der Waals surface area contributed by atoms with Crippen molar-refractivity contribution >= 4 is 28.2 Å². The summed E-state index contributed by atoms with van der Waals surface area (Å²) in [5.74, 6) is -0.326. The van der Waals surface area contributed by atoms with Crippen LogP contribution in [0.2, 0.25) is 0 Å². The van der Waals surface area contributed by atoms with Crippen LogP contribution in [0.5, 0.6) is 0 Å². The maximum absolute atomic E-state index is 12.6. The lowest BCUT2D eigenvalue weighted by molar-refractivity contribution is -0.148. The van der Waals surface area contributed by atoms with Gasteiger partial charge in [0.1, 0.15) is 5.78 Å². The molecule has 1 aromatic heterocycles. The van der Waals surface area contributed by atoms with Crippen molar-refractivity contribution < 1.29 is 14.3 Å². The molecule has 0 saturated carbocycles. The molecule has 0 spiro atoms. The molecule has 2 aliphatic rings. The predicted octanol–water partition coefficient (Wildman–Crippen LogP) is 3.44. The molecule has 0 saturated heterocycles. The molecule has 2 atom stereocenters. The van der Waals surface area contributed by atoms with Crippen LogP contribution < -0.4 is 0 Å². The van der Waals surface area contributed by atoms with Crippen molar-refractivity contribution in [1.29, 1.82) is 0 Å². The van der Waals surface area contributed by atoms with E-state index in [2.05, 4.69) is 53.9 Å². The van der Waals surface area contributed by atoms with Gasteiger partial charge in [-0.25, -0.2) is 0 Å². The molecule has 0 N–H and O–H groups in total. The standard InChI is InChI=1S/C23H28N2O3/c1-4-25-14-16-12-21-19(18-8-5-9-20(25)22(16)18)11-17(13-24(21)3)23(27)28-10-6-7-15(2)26/h5,8-9,11,14,17,21H,4,6-7,10,12-13H2,1-3H3/t17-,21-/m1/s1. The summed E-state index contributed by atoms with van der Waals surface area (Å²) < 4.78 is 7.77. The highest BCUT2D eigenvalue weighted by Crippen LogP contribution is 2.41. The van der Waals surface area contributed by atoms with Gasteiger partial charge >= 0.3 is 5.97 Å². The zero-order chi connectivity index (χ0) is 19.8. The number of fused-ring (bicyclic) bond motifs is 2. The Morgan fingerprint density at radius 3 is 2.86 bits per heavy atom. The van der Waals surface area contributed by atoms with Crippen molar-refractivity contribution in [2.75, 3.05) is 20.2 Å². The largest absolute Gasteiger partial charge is 0.465 e. The van der Waals surface area contributed by atoms with E-state index in [0.29, 0.717) is 32.0 Å². The lowest BCUT2D eigenvalue weighted by Gasteiger charge is -2.39. The Balaban J connectivity index is 1.62. The van der Waals surface area contributed by atoms with Crippen molar-refractivity contribution in [2.45, 2.75) is 45.7 Å². The molecule has 0 radical (unpaired) electrons. The number of aryl methyl sites for hydroxylation is 1. The van der Waals surface area contributed by atoms with Gasteiger partial charge < -0.3 is 14.1 Å². The zero-order valence-corrected chi connectivity index (χ0v) is 16.9. The Morgan fingerprint density at radius 2 is 2.11 bits per heavy atom. The molecule has 5 heteroatoms. The number of benzene rings is 1. The average molecular weight is 380 g/mol. The maximum atomic E-state index is 12.6. The number of hydrogen-bond donors (Lipinski definition) is 0. The summed E-state index contributed by atoms with van der Waals surface area (Å²) >= 11 is 0. The number of ether oxygens (including phenoxy) is 1. The first-order valence-electron chi connectivity index (χ1n) is 10.2. The van der Waals surface area contributed by atoms with E-state index in [1.165, 1.54) is 27.6 Å². The molecule has 0 unspecified atom stereocenters. The second-order valence-electron chi connectivity index (χ2n) is 8.00. The minimum Gasteiger partial charge on any atom is -0.465 e. The maximum Gasteiger partial charge on any atom is 0.314 e. The molecular weight excluding hydrogens is 352 g/mol. The molecule has 2 aromatic rings. The fourth-order valence-electron chi connectivity index (χ4n) is 4.64. The summed E-state index contributed by atoms with van der Waals surface area (Å²) in [5, 5.41) is 1.33. The molecule has 5 nitrogen and oxygen atoms in total. The van der Waals surface area contributed by atoms with Crippen LogP contribution >= 0.6 is 0 Å². The van der Waals surface area contributed by atoms with E-state index in [4.69, 9.17) is 4.74 Å². The Kier molecular flexibility index (Phi) is 5.11. The molecule has 2 heterocycles. The second kappa shape index (κ2) is 7.55. The first-order valence-corrected chi connectivity index (χ1v) is 10.2. The fraction of sp³-hybridized carbons (Fsp3) is 0.478. The Hall–Kier alpha value is -2.40. The summed E-state index contributed by atoms with van der Waals surface area (Å²) in [6, 6.07) is 6.77. The van der Waals surface area contributed by atoms with Gasteiger partial charge in [0.2, 0.25) is 0 Å². The number of hydrogen-bond acceptors (Lipinski definition) is 4. The van der Waals surface area contributed by atoms with Crippen LogP contribution in [0.3, 0.4) is 0 Å². The fourth-order valence-corrected chi connectivity index (χ4v) is 4.64. The SMILES string of the molecule is CCn1cc2c3c(cccc31)C1=C[C@@H](C(=O)OCCCC(C)=O)CN(C)[C@@H]1C2. The van der Waals surface area contributed by atoms with Crippen LogP contribution in [-0.2, 0) is 27.3 Å². The lowest BCUT2D eigenvalue weighted by atomic mass is 9.80. The number of carbonyl (C=O) groups is 2. The van der Waals surface area contributed by atoms with E-state index in [1.807, 2.05) is 0 Å². The zero-order valence-electron chi connectivity index (χ0n) is 16.9. The molecule has 1 aliphatic heterocycles. The van der Waals surface area contributed by atoms with E-state index in [9.17, 15) is 9.59 Å². The van der Waals surface area contributed by atoms with Gasteiger partial charge in [0, 0.05) is 42.7 Å². The molecule has 1 aromatic carbocycles. The van der Waals surface area contributed by atoms with Gasteiger partial charge in [-0.1, -0.05) is 18.2 Å². The molecule has 4 rings (SSSR count). The van der Waals surface area contributed by atoms with Crippen LogP contribution in [0.25, 0.3) is 16.5 Å². The smallest absolute Gasteiger partial charge is 0.314 e. The van der Waals surface area contributed by atoms with E-state index < -0.39 is 0 Å². The van der Waals surface area contributed by atoms with Crippen molar-refractivity contribution in [3.8, 4) is 0 Å². The summed E-state index contributed by atoms with van der Waals surface area (Å²) in [6.07, 6.45) is 6.44. The monoisotopic (exact) mass is 380 g/mol. The molecule has 0 bridgehead atoms.